The van der Waals surface area contributed by atoms with Gasteiger partial charge in [0.1, 0.15) is 5.75 Å². The molecule has 0 bridgehead atoms. The second-order valence-corrected chi connectivity index (χ2v) is 5.34. The van der Waals surface area contributed by atoms with Crippen molar-refractivity contribution in [3.63, 3.8) is 0 Å². The SMILES string of the molecule is FC1(F)CCCN1CCCOc1ccc(-n2c[c]cn2)cc1. The molecule has 1 radical (unpaired) electrons. The maximum atomic E-state index is 13.4. The molecule has 1 fully saturated rings. The highest BCUT2D eigenvalue weighted by atomic mass is 19.3. The number of nitrogens with zero attached hydrogens (tertiary/aromatic N) is 3. The third-order valence-corrected chi connectivity index (χ3v) is 3.76. The minimum absolute atomic E-state index is 0.0276. The Labute approximate surface area is 128 Å². The van der Waals surface area contributed by atoms with Crippen molar-refractivity contribution in [1.82, 2.24) is 14.7 Å². The lowest BCUT2D eigenvalue weighted by Gasteiger charge is -2.23. The Balaban J connectivity index is 1.44. The van der Waals surface area contributed by atoms with Crippen LogP contribution in [0.4, 0.5) is 8.78 Å². The van der Waals surface area contributed by atoms with Crippen LogP contribution in [-0.2, 0) is 0 Å². The fraction of sp³-hybridized carbons (Fsp3) is 0.438. The molecule has 22 heavy (non-hydrogen) atoms. The van der Waals surface area contributed by atoms with E-state index in [0.29, 0.717) is 32.5 Å². The third-order valence-electron chi connectivity index (χ3n) is 3.76. The summed E-state index contributed by atoms with van der Waals surface area (Å²) in [4.78, 5) is 1.24. The van der Waals surface area contributed by atoms with Gasteiger partial charge in [0.2, 0.25) is 0 Å². The summed E-state index contributed by atoms with van der Waals surface area (Å²) in [5.41, 5.74) is 0.922. The monoisotopic (exact) mass is 306 g/mol. The number of rotatable bonds is 6. The average molecular weight is 306 g/mol. The molecule has 2 heterocycles. The Morgan fingerprint density at radius 2 is 2.09 bits per heavy atom. The van der Waals surface area contributed by atoms with Crippen molar-refractivity contribution in [2.24, 2.45) is 0 Å². The second-order valence-electron chi connectivity index (χ2n) is 5.34. The molecular weight excluding hydrogens is 288 g/mol. The van der Waals surface area contributed by atoms with Crippen LogP contribution in [0.3, 0.4) is 0 Å². The number of aromatic nitrogens is 2. The molecule has 0 amide bonds. The van der Waals surface area contributed by atoms with E-state index < -0.39 is 6.05 Å². The number of hydrogen-bond acceptors (Lipinski definition) is 3. The highest BCUT2D eigenvalue weighted by molar-refractivity contribution is 5.36. The Morgan fingerprint density at radius 3 is 2.73 bits per heavy atom. The van der Waals surface area contributed by atoms with E-state index >= 15 is 0 Å². The van der Waals surface area contributed by atoms with E-state index in [4.69, 9.17) is 4.74 Å². The van der Waals surface area contributed by atoms with Crippen molar-refractivity contribution in [2.75, 3.05) is 19.7 Å². The molecule has 3 rings (SSSR count). The van der Waals surface area contributed by atoms with Crippen LogP contribution in [0.2, 0.25) is 0 Å². The fourth-order valence-electron chi connectivity index (χ4n) is 2.59. The van der Waals surface area contributed by atoms with Crippen LogP contribution in [0, 0.1) is 6.07 Å². The minimum atomic E-state index is -2.64. The largest absolute Gasteiger partial charge is 0.494 e. The zero-order valence-electron chi connectivity index (χ0n) is 12.2. The molecule has 1 aliphatic heterocycles. The quantitative estimate of drug-likeness (QED) is 0.607. The van der Waals surface area contributed by atoms with E-state index in [0.717, 1.165) is 11.4 Å². The van der Waals surface area contributed by atoms with E-state index in [1.165, 1.54) is 4.90 Å². The van der Waals surface area contributed by atoms with Gasteiger partial charge < -0.3 is 4.74 Å². The number of hydrogen-bond donors (Lipinski definition) is 0. The number of halogens is 2. The first-order valence-corrected chi connectivity index (χ1v) is 7.42. The van der Waals surface area contributed by atoms with Crippen LogP contribution in [0.5, 0.6) is 5.75 Å². The van der Waals surface area contributed by atoms with Crippen LogP contribution < -0.4 is 4.74 Å². The topological polar surface area (TPSA) is 30.3 Å². The average Bonchev–Trinajstić information content (AvgIpc) is 3.14. The summed E-state index contributed by atoms with van der Waals surface area (Å²) < 4.78 is 34.1. The first-order valence-electron chi connectivity index (χ1n) is 7.42. The van der Waals surface area contributed by atoms with Gasteiger partial charge in [-0.1, -0.05) is 0 Å². The molecular formula is C16H18F2N3O. The predicted octanol–water partition coefficient (Wildman–Crippen LogP) is 3.13. The van der Waals surface area contributed by atoms with Gasteiger partial charge in [-0.05, 0) is 37.1 Å². The maximum Gasteiger partial charge on any atom is 0.304 e. The summed E-state index contributed by atoms with van der Waals surface area (Å²) in [6.45, 7) is 1.28. The van der Waals surface area contributed by atoms with Crippen LogP contribution in [-0.4, -0.2) is 40.4 Å². The van der Waals surface area contributed by atoms with Gasteiger partial charge in [-0.25, -0.2) is 9.58 Å². The summed E-state index contributed by atoms with van der Waals surface area (Å²) in [6.07, 6.45) is 4.47. The Hall–Kier alpha value is -1.95. The van der Waals surface area contributed by atoms with E-state index in [-0.39, 0.29) is 6.42 Å². The fourth-order valence-corrected chi connectivity index (χ4v) is 2.59. The molecule has 6 heteroatoms. The molecule has 117 valence electrons. The molecule has 1 aromatic carbocycles. The van der Waals surface area contributed by atoms with Gasteiger partial charge in [-0.2, -0.15) is 13.9 Å². The van der Waals surface area contributed by atoms with Crippen LogP contribution in [0.25, 0.3) is 5.69 Å². The molecule has 2 aromatic rings. The molecule has 0 N–H and O–H groups in total. The highest BCUT2D eigenvalue weighted by Crippen LogP contribution is 2.31. The second kappa shape index (κ2) is 6.44. The molecule has 1 saturated heterocycles. The molecule has 0 atom stereocenters. The number of alkyl halides is 2. The maximum absolute atomic E-state index is 13.4. The summed E-state index contributed by atoms with van der Waals surface area (Å²) in [5, 5.41) is 4.09. The number of likely N-dealkylation sites (tertiary alicyclic amines) is 1. The first-order chi connectivity index (χ1) is 10.6. The molecule has 4 nitrogen and oxygen atoms in total. The standard InChI is InChI=1S/C16H18F2N3O/c17-16(18)8-1-10-20(16)11-3-13-22-15-6-4-14(5-7-15)21-12-2-9-19-21/h4-7,9,12H,1,3,8,10-11,13H2. The van der Waals surface area contributed by atoms with Gasteiger partial charge in [0.25, 0.3) is 0 Å². The molecule has 0 aliphatic carbocycles. The van der Waals surface area contributed by atoms with Crippen LogP contribution in [0.15, 0.2) is 36.7 Å². The summed E-state index contributed by atoms with van der Waals surface area (Å²) in [7, 11) is 0. The van der Waals surface area contributed by atoms with E-state index in [9.17, 15) is 8.78 Å². The molecule has 1 aromatic heterocycles. The third kappa shape index (κ3) is 3.44. The van der Waals surface area contributed by atoms with Crippen molar-refractivity contribution in [1.29, 1.82) is 0 Å². The summed E-state index contributed by atoms with van der Waals surface area (Å²) in [6, 6.07) is 7.72. The van der Waals surface area contributed by atoms with Gasteiger partial charge in [0.05, 0.1) is 18.5 Å². The zero-order chi connectivity index (χ0) is 15.4. The van der Waals surface area contributed by atoms with Crippen molar-refractivity contribution in [2.45, 2.75) is 25.3 Å². The normalized spacial score (nSPS) is 17.7. The smallest absolute Gasteiger partial charge is 0.304 e. The van der Waals surface area contributed by atoms with E-state index in [1.807, 2.05) is 24.3 Å². The van der Waals surface area contributed by atoms with E-state index in [1.54, 1.807) is 17.1 Å². The van der Waals surface area contributed by atoms with Crippen molar-refractivity contribution >= 4 is 0 Å². The van der Waals surface area contributed by atoms with E-state index in [2.05, 4.69) is 11.2 Å². The Kier molecular flexibility index (Phi) is 4.38. The molecule has 1 aliphatic rings. The number of benzene rings is 1. The summed E-state index contributed by atoms with van der Waals surface area (Å²) in [5.74, 6) is 0.730. The van der Waals surface area contributed by atoms with Crippen molar-refractivity contribution < 1.29 is 13.5 Å². The van der Waals surface area contributed by atoms with Crippen LogP contribution >= 0.6 is 0 Å². The Bertz CT molecular complexity index is 584. The lowest BCUT2D eigenvalue weighted by atomic mass is 10.3. The van der Waals surface area contributed by atoms with Crippen molar-refractivity contribution in [3.8, 4) is 11.4 Å². The van der Waals surface area contributed by atoms with Crippen LogP contribution in [0.1, 0.15) is 19.3 Å². The van der Waals surface area contributed by atoms with Gasteiger partial charge >= 0.3 is 6.05 Å². The first kappa shape index (κ1) is 15.0. The lowest BCUT2D eigenvalue weighted by Crippen LogP contribution is -2.36. The summed E-state index contributed by atoms with van der Waals surface area (Å²) >= 11 is 0. The van der Waals surface area contributed by atoms with Gasteiger partial charge in [-0.15, -0.1) is 0 Å². The zero-order valence-corrected chi connectivity index (χ0v) is 12.2. The number of ether oxygens (including phenoxy) is 1. The van der Waals surface area contributed by atoms with Gasteiger partial charge in [0, 0.05) is 31.8 Å². The highest BCUT2D eigenvalue weighted by Gasteiger charge is 2.40. The Morgan fingerprint density at radius 1 is 1.27 bits per heavy atom. The predicted molar refractivity (Wildman–Crippen MR) is 78.3 cm³/mol. The van der Waals surface area contributed by atoms with Crippen molar-refractivity contribution in [3.05, 3.63) is 42.7 Å². The molecule has 0 unspecified atom stereocenters. The van der Waals surface area contributed by atoms with Gasteiger partial charge in [0.15, 0.2) is 0 Å². The lowest BCUT2D eigenvalue weighted by molar-refractivity contribution is -0.119. The van der Waals surface area contributed by atoms with Gasteiger partial charge in [-0.3, -0.25) is 0 Å². The minimum Gasteiger partial charge on any atom is -0.494 e. The molecule has 0 spiro atoms. The molecule has 0 saturated carbocycles.